The Kier molecular flexibility index (Phi) is 5.62. The Morgan fingerprint density at radius 2 is 1.75 bits per heavy atom. The summed E-state index contributed by atoms with van der Waals surface area (Å²) in [6, 6.07) is 0. The third-order valence-electron chi connectivity index (χ3n) is 9.68. The summed E-state index contributed by atoms with van der Waals surface area (Å²) >= 11 is 0. The fourth-order valence-corrected chi connectivity index (χ4v) is 7.93. The summed E-state index contributed by atoms with van der Waals surface area (Å²) < 4.78 is 0. The van der Waals surface area contributed by atoms with Gasteiger partial charge in [0.05, 0.1) is 6.10 Å². The highest BCUT2D eigenvalue weighted by molar-refractivity contribution is 5.34. The third kappa shape index (κ3) is 3.34. The van der Waals surface area contributed by atoms with Crippen LogP contribution in [0.5, 0.6) is 0 Å². The number of hydrogen-bond acceptors (Lipinski definition) is 1. The molecule has 1 nitrogen and oxygen atoms in total. The summed E-state index contributed by atoms with van der Waals surface area (Å²) in [5, 5.41) is 10.2. The second kappa shape index (κ2) is 7.60. The Morgan fingerprint density at radius 1 is 1.00 bits per heavy atom. The van der Waals surface area contributed by atoms with E-state index in [9.17, 15) is 5.11 Å². The number of aliphatic hydroxyl groups is 1. The quantitative estimate of drug-likeness (QED) is 0.493. The van der Waals surface area contributed by atoms with E-state index >= 15 is 0 Å². The van der Waals surface area contributed by atoms with E-state index in [1.54, 1.807) is 5.57 Å². The van der Waals surface area contributed by atoms with Crippen LogP contribution in [0.3, 0.4) is 0 Å². The number of rotatable bonds is 5. The van der Waals surface area contributed by atoms with Gasteiger partial charge in [-0.3, -0.25) is 0 Å². The van der Waals surface area contributed by atoms with Crippen LogP contribution in [0.15, 0.2) is 23.3 Å². The van der Waals surface area contributed by atoms with Crippen molar-refractivity contribution in [1.82, 2.24) is 0 Å². The van der Waals surface area contributed by atoms with Crippen LogP contribution >= 0.6 is 0 Å². The highest BCUT2D eigenvalue weighted by atomic mass is 16.3. The first-order chi connectivity index (χ1) is 13.3. The molecule has 7 atom stereocenters. The van der Waals surface area contributed by atoms with Crippen LogP contribution in [0.25, 0.3) is 0 Å². The molecule has 0 saturated heterocycles. The molecule has 4 rings (SSSR count). The van der Waals surface area contributed by atoms with Gasteiger partial charge in [0, 0.05) is 0 Å². The van der Waals surface area contributed by atoms with Crippen molar-refractivity contribution >= 4 is 0 Å². The molecule has 0 bridgehead atoms. The minimum Gasteiger partial charge on any atom is -0.393 e. The van der Waals surface area contributed by atoms with Crippen molar-refractivity contribution in [3.63, 3.8) is 0 Å². The molecule has 1 N–H and O–H groups in total. The van der Waals surface area contributed by atoms with E-state index in [0.29, 0.717) is 10.8 Å². The van der Waals surface area contributed by atoms with Gasteiger partial charge >= 0.3 is 0 Å². The fourth-order valence-electron chi connectivity index (χ4n) is 7.93. The van der Waals surface area contributed by atoms with Crippen LogP contribution in [0, 0.1) is 40.4 Å². The van der Waals surface area contributed by atoms with Crippen LogP contribution < -0.4 is 0 Å². The number of fused-ring (bicyclic) bond motifs is 5. The molecule has 0 aliphatic heterocycles. The van der Waals surface area contributed by atoms with Crippen LogP contribution in [0.1, 0.15) is 98.8 Å². The monoisotopic (exact) mass is 384 g/mol. The van der Waals surface area contributed by atoms with Gasteiger partial charge in [0.1, 0.15) is 0 Å². The van der Waals surface area contributed by atoms with E-state index in [1.807, 2.05) is 5.57 Å². The molecule has 0 radical (unpaired) electrons. The molecule has 0 aromatic rings. The van der Waals surface area contributed by atoms with Gasteiger partial charge in [0.15, 0.2) is 0 Å². The molecule has 158 valence electrons. The predicted molar refractivity (Wildman–Crippen MR) is 119 cm³/mol. The zero-order valence-electron chi connectivity index (χ0n) is 19.1. The summed E-state index contributed by atoms with van der Waals surface area (Å²) in [6.07, 6.45) is 17.8. The molecule has 6 unspecified atom stereocenters. The van der Waals surface area contributed by atoms with Gasteiger partial charge in [0.2, 0.25) is 0 Å². The third-order valence-corrected chi connectivity index (χ3v) is 9.68. The van der Waals surface area contributed by atoms with Gasteiger partial charge < -0.3 is 5.11 Å². The minimum atomic E-state index is -0.0912. The summed E-state index contributed by atoms with van der Waals surface area (Å²) in [4.78, 5) is 0. The molecule has 0 heterocycles. The highest BCUT2D eigenvalue weighted by Crippen LogP contribution is 2.65. The Labute approximate surface area is 174 Å². The lowest BCUT2D eigenvalue weighted by Crippen LogP contribution is -2.48. The largest absolute Gasteiger partial charge is 0.393 e. The molecule has 2 fully saturated rings. The van der Waals surface area contributed by atoms with Gasteiger partial charge in [-0.25, -0.2) is 0 Å². The van der Waals surface area contributed by atoms with Gasteiger partial charge in [0.25, 0.3) is 0 Å². The van der Waals surface area contributed by atoms with Crippen molar-refractivity contribution in [1.29, 1.82) is 0 Å². The predicted octanol–water partition coefficient (Wildman–Crippen LogP) is 7.31. The fraction of sp³-hybridized carbons (Fsp3) is 0.852. The maximum atomic E-state index is 10.2. The van der Waals surface area contributed by atoms with E-state index in [2.05, 4.69) is 46.8 Å². The molecule has 4 aliphatic carbocycles. The lowest BCUT2D eigenvalue weighted by atomic mass is 9.48. The van der Waals surface area contributed by atoms with Crippen molar-refractivity contribution in [2.75, 3.05) is 0 Å². The van der Waals surface area contributed by atoms with E-state index in [0.717, 1.165) is 42.4 Å². The Morgan fingerprint density at radius 3 is 2.50 bits per heavy atom. The molecule has 0 amide bonds. The smallest absolute Gasteiger partial charge is 0.0577 e. The minimum absolute atomic E-state index is 0.0912. The number of aliphatic hydroxyl groups excluding tert-OH is 1. The van der Waals surface area contributed by atoms with Crippen molar-refractivity contribution < 1.29 is 5.11 Å². The maximum absolute atomic E-state index is 10.2. The van der Waals surface area contributed by atoms with Crippen LogP contribution in [-0.2, 0) is 0 Å². The van der Waals surface area contributed by atoms with Crippen molar-refractivity contribution in [3.8, 4) is 0 Å². The molecule has 0 spiro atoms. The molecular weight excluding hydrogens is 340 g/mol. The molecular formula is C27H44O. The van der Waals surface area contributed by atoms with Gasteiger partial charge in [-0.1, -0.05) is 77.2 Å². The highest BCUT2D eigenvalue weighted by Gasteiger charge is 2.55. The van der Waals surface area contributed by atoms with E-state index < -0.39 is 0 Å². The molecule has 1 heteroatoms. The van der Waals surface area contributed by atoms with E-state index in [-0.39, 0.29) is 6.10 Å². The topological polar surface area (TPSA) is 20.2 Å². The van der Waals surface area contributed by atoms with Gasteiger partial charge in [-0.2, -0.15) is 0 Å². The van der Waals surface area contributed by atoms with Crippen molar-refractivity contribution in [2.45, 2.75) is 105 Å². The number of allylic oxidation sites excluding steroid dienone is 3. The second-order valence-electron chi connectivity index (χ2n) is 11.8. The zero-order valence-corrected chi connectivity index (χ0v) is 19.1. The van der Waals surface area contributed by atoms with Crippen molar-refractivity contribution in [2.24, 2.45) is 40.4 Å². The zero-order chi connectivity index (χ0) is 20.1. The van der Waals surface area contributed by atoms with Gasteiger partial charge in [-0.05, 0) is 85.4 Å². The molecule has 28 heavy (non-hydrogen) atoms. The average molecular weight is 385 g/mol. The van der Waals surface area contributed by atoms with E-state index in [4.69, 9.17) is 0 Å². The summed E-state index contributed by atoms with van der Waals surface area (Å²) in [5.41, 5.74) is 4.24. The molecule has 0 aromatic heterocycles. The van der Waals surface area contributed by atoms with E-state index in [1.165, 1.54) is 51.4 Å². The first-order valence-electron chi connectivity index (χ1n) is 12.3. The average Bonchev–Trinajstić information content (AvgIpc) is 2.99. The Hall–Kier alpha value is -0.560. The SMILES string of the molecule is CC(C)CCC[C@@H](C)C1CC=C2C3CC=C4CC(O)CCC4(C)C3CCC21C. The first kappa shape index (κ1) is 20.7. The Bertz CT molecular complexity index is 643. The maximum Gasteiger partial charge on any atom is 0.0577 e. The van der Waals surface area contributed by atoms with Crippen LogP contribution in [0.2, 0.25) is 0 Å². The lowest BCUT2D eigenvalue weighted by Gasteiger charge is -2.56. The lowest BCUT2D eigenvalue weighted by molar-refractivity contribution is 0.0152. The number of hydrogen-bond donors (Lipinski definition) is 1. The molecule has 0 aromatic carbocycles. The second-order valence-corrected chi connectivity index (χ2v) is 11.8. The Balaban J connectivity index is 1.50. The summed E-state index contributed by atoms with van der Waals surface area (Å²) in [7, 11) is 0. The molecule has 4 aliphatic rings. The summed E-state index contributed by atoms with van der Waals surface area (Å²) in [5.74, 6) is 4.14. The molecule has 2 saturated carbocycles. The summed E-state index contributed by atoms with van der Waals surface area (Å²) in [6.45, 7) is 12.4. The van der Waals surface area contributed by atoms with Gasteiger partial charge in [-0.15, -0.1) is 0 Å². The normalized spacial score (nSPS) is 43.7. The standard InChI is InChI=1S/C27H44O/c1-18(2)7-6-8-19(3)23-11-12-24-22-10-9-20-17-21(28)13-15-26(20,4)25(22)14-16-27(23,24)5/h9,12,18-19,21-23,25,28H,6-8,10-11,13-17H2,1-5H3/t19-,21?,22?,23?,25?,26?,27?/m1/s1. The van der Waals surface area contributed by atoms with Crippen molar-refractivity contribution in [3.05, 3.63) is 23.3 Å². The first-order valence-corrected chi connectivity index (χ1v) is 12.3. The van der Waals surface area contributed by atoms with Crippen LogP contribution in [0.4, 0.5) is 0 Å². The van der Waals surface area contributed by atoms with Crippen LogP contribution in [-0.4, -0.2) is 11.2 Å².